The third-order valence-corrected chi connectivity index (χ3v) is 11.8. The number of nitrogens with zero attached hydrogens (tertiary/aromatic N) is 1. The zero-order chi connectivity index (χ0) is 22.2. The summed E-state index contributed by atoms with van der Waals surface area (Å²) in [6, 6.07) is 10.7. The molecule has 3 rings (SSSR count). The molecule has 1 aromatic heterocycles. The number of alkyl halides is 3. The van der Waals surface area contributed by atoms with Crippen molar-refractivity contribution in [3.8, 4) is 0 Å². The van der Waals surface area contributed by atoms with Crippen LogP contribution in [0.15, 0.2) is 65.4 Å². The number of nitro groups is 1. The van der Waals surface area contributed by atoms with Gasteiger partial charge < -0.3 is 0 Å². The van der Waals surface area contributed by atoms with Crippen LogP contribution in [-0.2, 0) is 17.0 Å². The van der Waals surface area contributed by atoms with E-state index in [1.165, 1.54) is 16.8 Å². The smallest absolute Gasteiger partial charge is 0.264 e. The van der Waals surface area contributed by atoms with Crippen LogP contribution < -0.4 is 10.6 Å². The fraction of sp³-hybridized carbons (Fsp3) is 0.238. The predicted molar refractivity (Wildman–Crippen MR) is 120 cm³/mol. The fourth-order valence-corrected chi connectivity index (χ4v) is 9.43. The SMILES string of the molecule is Cc1ccc(P(=S)(c2ccc(C)cc2)[C@](C[N+](=O)[O-])(c2ccsc2)C(F)(F)F)cc1. The van der Waals surface area contributed by atoms with E-state index in [1.54, 1.807) is 48.5 Å². The number of hydrogen-bond donors (Lipinski definition) is 0. The van der Waals surface area contributed by atoms with E-state index < -0.39 is 28.8 Å². The van der Waals surface area contributed by atoms with Crippen LogP contribution in [0.25, 0.3) is 0 Å². The molecular weight excluding hydrogens is 450 g/mol. The highest BCUT2D eigenvalue weighted by atomic mass is 32.4. The highest BCUT2D eigenvalue weighted by Crippen LogP contribution is 2.68. The average Bonchev–Trinajstić information content (AvgIpc) is 3.20. The quantitative estimate of drug-likeness (QED) is 0.271. The molecule has 0 saturated carbocycles. The maximum atomic E-state index is 15.0. The number of rotatable bonds is 6. The van der Waals surface area contributed by atoms with E-state index in [0.29, 0.717) is 10.6 Å². The molecule has 0 fully saturated rings. The lowest BCUT2D eigenvalue weighted by molar-refractivity contribution is -0.494. The second-order valence-electron chi connectivity index (χ2n) is 7.14. The lowest BCUT2D eigenvalue weighted by Crippen LogP contribution is -2.51. The molecule has 0 radical (unpaired) electrons. The normalized spacial score (nSPS) is 14.3. The molecule has 0 bridgehead atoms. The van der Waals surface area contributed by atoms with Crippen LogP contribution in [0, 0.1) is 24.0 Å². The molecule has 0 unspecified atom stereocenters. The molecule has 3 nitrogen and oxygen atoms in total. The van der Waals surface area contributed by atoms with Gasteiger partial charge in [0.05, 0.1) is 0 Å². The van der Waals surface area contributed by atoms with E-state index in [1.807, 2.05) is 13.8 Å². The maximum Gasteiger partial charge on any atom is 0.409 e. The minimum Gasteiger partial charge on any atom is -0.264 e. The standard InChI is InChI=1S/C21H19F3NO2PS2/c1-15-3-7-18(8-4-15)28(29,19-9-5-16(2)6-10-19)20(14-25(26)27,21(22,23)24)17-11-12-30-13-17/h3-13H,14H2,1-2H3/t20-/m1/s1. The van der Waals surface area contributed by atoms with Crippen LogP contribution in [0.4, 0.5) is 13.2 Å². The number of hydrogen-bond acceptors (Lipinski definition) is 4. The Morgan fingerprint density at radius 3 is 1.77 bits per heavy atom. The summed E-state index contributed by atoms with van der Waals surface area (Å²) in [5.74, 6) is 0. The first-order valence-electron chi connectivity index (χ1n) is 8.98. The van der Waals surface area contributed by atoms with Crippen LogP contribution in [0.3, 0.4) is 0 Å². The van der Waals surface area contributed by atoms with Crippen LogP contribution >= 0.6 is 17.4 Å². The molecule has 0 N–H and O–H groups in total. The first kappa shape index (κ1) is 22.7. The summed E-state index contributed by atoms with van der Waals surface area (Å²) in [6.45, 7) is 2.32. The van der Waals surface area contributed by atoms with Gasteiger partial charge in [-0.05, 0) is 46.8 Å². The summed E-state index contributed by atoms with van der Waals surface area (Å²) in [7, 11) is 0. The summed E-state index contributed by atoms with van der Waals surface area (Å²) in [5.41, 5.74) is 1.58. The third kappa shape index (κ3) is 3.72. The lowest BCUT2D eigenvalue weighted by Gasteiger charge is -2.42. The second-order valence-corrected chi connectivity index (χ2v) is 12.6. The Bertz CT molecular complexity index is 1030. The molecule has 0 aliphatic rings. The topological polar surface area (TPSA) is 43.1 Å². The minimum absolute atomic E-state index is 0.152. The Balaban J connectivity index is 2.49. The Morgan fingerprint density at radius 1 is 0.967 bits per heavy atom. The Kier molecular flexibility index (Phi) is 6.23. The molecular formula is C21H19F3NO2PS2. The van der Waals surface area contributed by atoms with Gasteiger partial charge in [-0.15, -0.1) is 0 Å². The van der Waals surface area contributed by atoms with Gasteiger partial charge in [0.25, 0.3) is 0 Å². The van der Waals surface area contributed by atoms with Crippen molar-refractivity contribution in [2.75, 3.05) is 6.54 Å². The predicted octanol–water partition coefficient (Wildman–Crippen LogP) is 5.53. The molecule has 0 aliphatic carbocycles. The summed E-state index contributed by atoms with van der Waals surface area (Å²) < 4.78 is 45.0. The zero-order valence-corrected chi connectivity index (χ0v) is 18.7. The van der Waals surface area contributed by atoms with Crippen molar-refractivity contribution in [3.63, 3.8) is 0 Å². The molecule has 2 aromatic carbocycles. The van der Waals surface area contributed by atoms with E-state index in [2.05, 4.69) is 0 Å². The van der Waals surface area contributed by atoms with Crippen LogP contribution in [0.2, 0.25) is 0 Å². The van der Waals surface area contributed by atoms with E-state index in [0.717, 1.165) is 22.5 Å². The van der Waals surface area contributed by atoms with Crippen molar-refractivity contribution in [2.24, 2.45) is 0 Å². The Labute approximate surface area is 181 Å². The fourth-order valence-electron chi connectivity index (χ4n) is 3.59. The monoisotopic (exact) mass is 469 g/mol. The Morgan fingerprint density at radius 2 is 1.43 bits per heavy atom. The van der Waals surface area contributed by atoms with Crippen molar-refractivity contribution in [2.45, 2.75) is 25.2 Å². The summed E-state index contributed by atoms with van der Waals surface area (Å²) in [5, 5.41) is 12.3. The summed E-state index contributed by atoms with van der Waals surface area (Å²) in [4.78, 5) is 10.8. The Hall–Kier alpha value is -2.02. The van der Waals surface area contributed by atoms with Gasteiger partial charge in [0.2, 0.25) is 6.54 Å². The average molecular weight is 469 g/mol. The molecule has 0 spiro atoms. The first-order valence-corrected chi connectivity index (χ1v) is 12.7. The molecule has 9 heteroatoms. The van der Waals surface area contributed by atoms with Gasteiger partial charge in [-0.1, -0.05) is 71.5 Å². The molecule has 0 aliphatic heterocycles. The maximum absolute atomic E-state index is 15.0. The van der Waals surface area contributed by atoms with E-state index in [-0.39, 0.29) is 5.56 Å². The van der Waals surface area contributed by atoms with Gasteiger partial charge in [0, 0.05) is 11.0 Å². The number of halogens is 3. The second kappa shape index (κ2) is 8.25. The number of benzene rings is 2. The van der Waals surface area contributed by atoms with Crippen molar-refractivity contribution in [3.05, 3.63) is 92.2 Å². The minimum atomic E-state index is -4.94. The first-order chi connectivity index (χ1) is 14.0. The molecule has 30 heavy (non-hydrogen) atoms. The van der Waals surface area contributed by atoms with E-state index in [4.69, 9.17) is 11.8 Å². The number of aryl methyl sites for hydroxylation is 2. The van der Waals surface area contributed by atoms with E-state index in [9.17, 15) is 23.3 Å². The van der Waals surface area contributed by atoms with Gasteiger partial charge in [-0.25, -0.2) is 0 Å². The highest BCUT2D eigenvalue weighted by Gasteiger charge is 2.68. The van der Waals surface area contributed by atoms with Crippen LogP contribution in [-0.4, -0.2) is 17.6 Å². The van der Waals surface area contributed by atoms with Gasteiger partial charge in [0.15, 0.2) is 5.16 Å². The van der Waals surface area contributed by atoms with Gasteiger partial charge in [-0.2, -0.15) is 24.5 Å². The lowest BCUT2D eigenvalue weighted by atomic mass is 10.0. The van der Waals surface area contributed by atoms with E-state index >= 15 is 0 Å². The zero-order valence-electron chi connectivity index (χ0n) is 16.2. The van der Waals surface area contributed by atoms with Gasteiger partial charge in [-0.3, -0.25) is 10.1 Å². The van der Waals surface area contributed by atoms with Crippen LogP contribution in [0.1, 0.15) is 16.7 Å². The van der Waals surface area contributed by atoms with Crippen molar-refractivity contribution in [1.29, 1.82) is 0 Å². The summed E-state index contributed by atoms with van der Waals surface area (Å²) >= 11 is 7.03. The van der Waals surface area contributed by atoms with Crippen molar-refractivity contribution < 1.29 is 18.1 Å². The molecule has 3 aromatic rings. The number of thiophene rings is 1. The third-order valence-electron chi connectivity index (χ3n) is 5.16. The molecule has 1 heterocycles. The van der Waals surface area contributed by atoms with Crippen LogP contribution in [0.5, 0.6) is 0 Å². The van der Waals surface area contributed by atoms with Crippen molar-refractivity contribution >= 4 is 39.8 Å². The highest BCUT2D eigenvalue weighted by molar-refractivity contribution is 8.22. The molecule has 158 valence electrons. The molecule has 1 atom stereocenters. The van der Waals surface area contributed by atoms with Gasteiger partial charge in [0.1, 0.15) is 0 Å². The van der Waals surface area contributed by atoms with Gasteiger partial charge >= 0.3 is 6.18 Å². The summed E-state index contributed by atoms with van der Waals surface area (Å²) in [6.07, 6.45) is -4.94. The molecule has 0 saturated heterocycles. The van der Waals surface area contributed by atoms with Crippen molar-refractivity contribution in [1.82, 2.24) is 0 Å². The molecule has 0 amide bonds. The largest absolute Gasteiger partial charge is 0.409 e.